The van der Waals surface area contributed by atoms with Gasteiger partial charge in [-0.1, -0.05) is 30.3 Å². The van der Waals surface area contributed by atoms with Gasteiger partial charge in [-0.05, 0) is 74.3 Å². The van der Waals surface area contributed by atoms with Crippen LogP contribution >= 0.6 is 0 Å². The van der Waals surface area contributed by atoms with Gasteiger partial charge in [-0.15, -0.1) is 0 Å². The number of amides is 1. The van der Waals surface area contributed by atoms with Crippen LogP contribution in [0.3, 0.4) is 0 Å². The molecule has 1 aromatic heterocycles. The Morgan fingerprint density at radius 1 is 0.805 bits per heavy atom. The number of fused-ring (bicyclic) bond motifs is 1. The van der Waals surface area contributed by atoms with E-state index in [-0.39, 0.29) is 42.1 Å². The molecule has 0 fully saturated rings. The SMILES string of the molecule is CC(C)(C)C(=O)OC(=O)c1nc(OC(=O)C(C)(C)C)c(OC(=O)C(C)(C)C)c2c1CCN(Cc1ccccc1)C2=O. The van der Waals surface area contributed by atoms with E-state index >= 15 is 0 Å². The molecule has 0 radical (unpaired) electrons. The maximum absolute atomic E-state index is 14.0. The summed E-state index contributed by atoms with van der Waals surface area (Å²) in [5, 5.41) is 0. The highest BCUT2D eigenvalue weighted by atomic mass is 16.6. The molecule has 0 saturated heterocycles. The Hall–Kier alpha value is -4.08. The summed E-state index contributed by atoms with van der Waals surface area (Å²) in [7, 11) is 0. The van der Waals surface area contributed by atoms with Crippen LogP contribution in [0.4, 0.5) is 0 Å². The Bertz CT molecular complexity index is 1380. The summed E-state index contributed by atoms with van der Waals surface area (Å²) >= 11 is 0. The molecule has 2 heterocycles. The molecule has 3 rings (SSSR count). The van der Waals surface area contributed by atoms with Crippen LogP contribution in [0.2, 0.25) is 0 Å². The molecule has 2 aromatic rings. The van der Waals surface area contributed by atoms with Crippen LogP contribution in [0.25, 0.3) is 0 Å². The van der Waals surface area contributed by atoms with Crippen molar-refractivity contribution in [1.82, 2.24) is 9.88 Å². The Morgan fingerprint density at radius 3 is 1.88 bits per heavy atom. The maximum atomic E-state index is 14.0. The molecule has 1 aromatic carbocycles. The Labute approximate surface area is 240 Å². The van der Waals surface area contributed by atoms with E-state index in [1.807, 2.05) is 30.3 Å². The van der Waals surface area contributed by atoms with Gasteiger partial charge in [0, 0.05) is 18.7 Å². The molecular formula is C31H38N2O8. The van der Waals surface area contributed by atoms with E-state index in [9.17, 15) is 24.0 Å². The molecule has 41 heavy (non-hydrogen) atoms. The van der Waals surface area contributed by atoms with Crippen LogP contribution in [0, 0.1) is 16.2 Å². The first-order valence-electron chi connectivity index (χ1n) is 13.4. The second-order valence-electron chi connectivity index (χ2n) is 13.1. The van der Waals surface area contributed by atoms with E-state index in [0.717, 1.165) is 5.56 Å². The van der Waals surface area contributed by atoms with E-state index in [4.69, 9.17) is 14.2 Å². The van der Waals surface area contributed by atoms with Crippen molar-refractivity contribution < 1.29 is 38.2 Å². The lowest BCUT2D eigenvalue weighted by molar-refractivity contribution is -0.147. The largest absolute Gasteiger partial charge is 0.419 e. The fourth-order valence-electron chi connectivity index (χ4n) is 3.62. The third-order valence-corrected chi connectivity index (χ3v) is 6.17. The normalized spacial score (nSPS) is 13.8. The summed E-state index contributed by atoms with van der Waals surface area (Å²) in [5.41, 5.74) is -2.50. The molecule has 220 valence electrons. The van der Waals surface area contributed by atoms with Gasteiger partial charge in [0.2, 0.25) is 5.75 Å². The minimum atomic E-state index is -1.10. The summed E-state index contributed by atoms with van der Waals surface area (Å²) in [4.78, 5) is 71.6. The van der Waals surface area contributed by atoms with Gasteiger partial charge in [-0.2, -0.15) is 0 Å². The number of carbonyl (C=O) groups excluding carboxylic acids is 5. The summed E-state index contributed by atoms with van der Waals surface area (Å²) in [6, 6.07) is 9.30. The number of nitrogens with zero attached hydrogens (tertiary/aromatic N) is 2. The molecule has 1 aliphatic heterocycles. The average Bonchev–Trinajstić information content (AvgIpc) is 2.85. The monoisotopic (exact) mass is 566 g/mol. The first-order valence-corrected chi connectivity index (χ1v) is 13.4. The number of carbonyl (C=O) groups is 5. The van der Waals surface area contributed by atoms with Gasteiger partial charge < -0.3 is 19.1 Å². The molecule has 10 heteroatoms. The molecule has 0 spiro atoms. The molecule has 0 unspecified atom stereocenters. The average molecular weight is 567 g/mol. The zero-order valence-electron chi connectivity index (χ0n) is 25.2. The Morgan fingerprint density at radius 2 is 1.34 bits per heavy atom. The standard InChI is InChI=1S/C31H38N2O8/c1-29(2,3)26(36)39-22-20-19(15-16-33(24(20)34)17-18-13-11-10-12-14-18)21(25(35)41-28(38)31(7,8)9)32-23(22)40-27(37)30(4,5)6/h10-14H,15-17H2,1-9H3. The van der Waals surface area contributed by atoms with Crippen LogP contribution in [0.1, 0.15) is 94.3 Å². The number of esters is 4. The number of rotatable bonds is 5. The lowest BCUT2D eigenvalue weighted by Crippen LogP contribution is -2.40. The molecular weight excluding hydrogens is 528 g/mol. The minimum absolute atomic E-state index is 0.137. The summed E-state index contributed by atoms with van der Waals surface area (Å²) < 4.78 is 16.4. The van der Waals surface area contributed by atoms with Crippen LogP contribution < -0.4 is 9.47 Å². The van der Waals surface area contributed by atoms with Gasteiger partial charge in [0.15, 0.2) is 5.69 Å². The fraction of sp³-hybridized carbons (Fsp3) is 0.484. The van der Waals surface area contributed by atoms with E-state index in [1.54, 1.807) is 62.3 Å². The van der Waals surface area contributed by atoms with Crippen molar-refractivity contribution in [2.45, 2.75) is 75.3 Å². The van der Waals surface area contributed by atoms with E-state index in [1.165, 1.54) is 4.90 Å². The highest BCUT2D eigenvalue weighted by molar-refractivity contribution is 6.06. The Kier molecular flexibility index (Phi) is 8.76. The first kappa shape index (κ1) is 31.4. The lowest BCUT2D eigenvalue weighted by atomic mass is 9.94. The molecule has 0 aliphatic carbocycles. The van der Waals surface area contributed by atoms with Crippen LogP contribution in [-0.4, -0.2) is 46.2 Å². The maximum Gasteiger partial charge on any atom is 0.365 e. The van der Waals surface area contributed by atoms with Crippen LogP contribution in [0.5, 0.6) is 11.6 Å². The topological polar surface area (TPSA) is 129 Å². The van der Waals surface area contributed by atoms with Crippen molar-refractivity contribution in [3.8, 4) is 11.6 Å². The van der Waals surface area contributed by atoms with Crippen molar-refractivity contribution in [3.63, 3.8) is 0 Å². The molecule has 0 bridgehead atoms. The number of hydrogen-bond donors (Lipinski definition) is 0. The number of aromatic nitrogens is 1. The van der Waals surface area contributed by atoms with Crippen molar-refractivity contribution in [1.29, 1.82) is 0 Å². The molecule has 1 aliphatic rings. The van der Waals surface area contributed by atoms with Gasteiger partial charge >= 0.3 is 23.9 Å². The van der Waals surface area contributed by atoms with Gasteiger partial charge in [0.25, 0.3) is 11.8 Å². The fourth-order valence-corrected chi connectivity index (χ4v) is 3.62. The van der Waals surface area contributed by atoms with Crippen LogP contribution in [-0.2, 0) is 32.1 Å². The quantitative estimate of drug-likeness (QED) is 0.366. The van der Waals surface area contributed by atoms with Crippen molar-refractivity contribution in [2.24, 2.45) is 16.2 Å². The second kappa shape index (κ2) is 11.4. The predicted octanol–water partition coefficient (Wildman–Crippen LogP) is 4.91. The smallest absolute Gasteiger partial charge is 0.365 e. The van der Waals surface area contributed by atoms with Gasteiger partial charge in [-0.25, -0.2) is 9.78 Å². The molecule has 0 saturated carbocycles. The van der Waals surface area contributed by atoms with Gasteiger partial charge in [-0.3, -0.25) is 19.2 Å². The summed E-state index contributed by atoms with van der Waals surface area (Å²) in [6.45, 7) is 14.9. The van der Waals surface area contributed by atoms with Gasteiger partial charge in [0.05, 0.1) is 21.8 Å². The second-order valence-corrected chi connectivity index (χ2v) is 13.1. The first-order chi connectivity index (χ1) is 18.8. The molecule has 0 N–H and O–H groups in total. The number of hydrogen-bond acceptors (Lipinski definition) is 9. The predicted molar refractivity (Wildman–Crippen MR) is 149 cm³/mol. The zero-order valence-corrected chi connectivity index (χ0v) is 25.2. The van der Waals surface area contributed by atoms with Crippen molar-refractivity contribution >= 4 is 29.8 Å². The van der Waals surface area contributed by atoms with Crippen LogP contribution in [0.15, 0.2) is 30.3 Å². The molecule has 1 amide bonds. The van der Waals surface area contributed by atoms with E-state index in [0.29, 0.717) is 0 Å². The summed E-state index contributed by atoms with van der Waals surface area (Å²) in [5.74, 6) is -4.81. The number of ether oxygens (including phenoxy) is 3. The third-order valence-electron chi connectivity index (χ3n) is 6.17. The van der Waals surface area contributed by atoms with Crippen molar-refractivity contribution in [3.05, 3.63) is 52.7 Å². The van der Waals surface area contributed by atoms with E-state index < -0.39 is 51.9 Å². The molecule has 10 nitrogen and oxygen atoms in total. The third kappa shape index (κ3) is 7.36. The lowest BCUT2D eigenvalue weighted by Gasteiger charge is -2.31. The highest BCUT2D eigenvalue weighted by Gasteiger charge is 2.40. The highest BCUT2D eigenvalue weighted by Crippen LogP contribution is 2.40. The number of benzene rings is 1. The minimum Gasteiger partial charge on any atom is -0.419 e. The molecule has 0 atom stereocenters. The van der Waals surface area contributed by atoms with Gasteiger partial charge in [0.1, 0.15) is 0 Å². The zero-order chi connectivity index (χ0) is 30.9. The summed E-state index contributed by atoms with van der Waals surface area (Å²) in [6.07, 6.45) is 0.141. The number of pyridine rings is 1. The van der Waals surface area contributed by atoms with Crippen molar-refractivity contribution in [2.75, 3.05) is 6.54 Å². The van der Waals surface area contributed by atoms with E-state index in [2.05, 4.69) is 4.98 Å². The Balaban J connectivity index is 2.25.